The minimum absolute atomic E-state index is 0.0624. The second-order valence-electron chi connectivity index (χ2n) is 16.1. The van der Waals surface area contributed by atoms with Crippen LogP contribution in [0.1, 0.15) is 60.6 Å². The molecule has 0 radical (unpaired) electrons. The van der Waals surface area contributed by atoms with Crippen LogP contribution in [-0.4, -0.2) is 0 Å². The van der Waals surface area contributed by atoms with Gasteiger partial charge in [0.2, 0.25) is 0 Å². The van der Waals surface area contributed by atoms with E-state index in [1.807, 2.05) is 0 Å². The number of rotatable bonds is 4. The molecule has 4 aliphatic carbocycles. The molecule has 1 unspecified atom stereocenters. The molecular formula is C53H41N. The highest BCUT2D eigenvalue weighted by Crippen LogP contribution is 2.65. The number of hydrogen-bond donors (Lipinski definition) is 0. The quantitative estimate of drug-likeness (QED) is 0.178. The lowest BCUT2D eigenvalue weighted by atomic mass is 9.70. The Morgan fingerprint density at radius 3 is 1.72 bits per heavy atom. The SMILES string of the molecule is CC1CC=CC2=C1C(C)(C)c1cc(N(c3ccc(-c4ccccc4)cc3)c3cccc4c3C3(c5ccccc5-c5ccccc53)c3ccccc3-4)ccc12. The van der Waals surface area contributed by atoms with Crippen molar-refractivity contribution in [1.29, 1.82) is 0 Å². The fourth-order valence-corrected chi connectivity index (χ4v) is 10.8. The van der Waals surface area contributed by atoms with Gasteiger partial charge in [-0.3, -0.25) is 0 Å². The number of anilines is 3. The van der Waals surface area contributed by atoms with Crippen LogP contribution in [0.5, 0.6) is 0 Å². The molecule has 54 heavy (non-hydrogen) atoms. The lowest BCUT2D eigenvalue weighted by molar-refractivity contribution is 0.530. The van der Waals surface area contributed by atoms with Gasteiger partial charge in [-0.1, -0.05) is 166 Å². The summed E-state index contributed by atoms with van der Waals surface area (Å²) >= 11 is 0. The van der Waals surface area contributed by atoms with Gasteiger partial charge in [-0.25, -0.2) is 0 Å². The van der Waals surface area contributed by atoms with Crippen LogP contribution in [0.25, 0.3) is 39.0 Å². The van der Waals surface area contributed by atoms with Crippen LogP contribution >= 0.6 is 0 Å². The van der Waals surface area contributed by atoms with Crippen molar-refractivity contribution in [3.8, 4) is 33.4 Å². The van der Waals surface area contributed by atoms with Gasteiger partial charge in [0.25, 0.3) is 0 Å². The molecule has 0 amide bonds. The van der Waals surface area contributed by atoms with E-state index in [1.54, 1.807) is 5.57 Å². The van der Waals surface area contributed by atoms with E-state index in [-0.39, 0.29) is 5.41 Å². The average molecular weight is 692 g/mol. The molecular weight excluding hydrogens is 651 g/mol. The lowest BCUT2D eigenvalue weighted by Gasteiger charge is -2.36. The van der Waals surface area contributed by atoms with Gasteiger partial charge in [0.05, 0.1) is 11.1 Å². The summed E-state index contributed by atoms with van der Waals surface area (Å²) in [7, 11) is 0. The highest BCUT2D eigenvalue weighted by Gasteiger charge is 2.53. The first-order valence-electron chi connectivity index (χ1n) is 19.4. The molecule has 7 aromatic carbocycles. The molecule has 0 saturated heterocycles. The van der Waals surface area contributed by atoms with Gasteiger partial charge < -0.3 is 4.90 Å². The molecule has 0 saturated carbocycles. The van der Waals surface area contributed by atoms with E-state index < -0.39 is 5.41 Å². The molecule has 0 N–H and O–H groups in total. The van der Waals surface area contributed by atoms with E-state index >= 15 is 0 Å². The Labute approximate surface area is 318 Å². The van der Waals surface area contributed by atoms with Crippen molar-refractivity contribution in [2.45, 2.75) is 38.0 Å². The molecule has 0 heterocycles. The molecule has 11 rings (SSSR count). The van der Waals surface area contributed by atoms with Gasteiger partial charge >= 0.3 is 0 Å². The second kappa shape index (κ2) is 11.4. The van der Waals surface area contributed by atoms with Crippen LogP contribution in [0.2, 0.25) is 0 Å². The summed E-state index contributed by atoms with van der Waals surface area (Å²) in [5.41, 5.74) is 21.9. The first kappa shape index (κ1) is 31.4. The summed E-state index contributed by atoms with van der Waals surface area (Å²) in [5.74, 6) is 0.524. The summed E-state index contributed by atoms with van der Waals surface area (Å²) < 4.78 is 0. The van der Waals surface area contributed by atoms with E-state index in [2.05, 4.69) is 202 Å². The summed E-state index contributed by atoms with van der Waals surface area (Å²) in [6.45, 7) is 7.27. The van der Waals surface area contributed by atoms with Crippen molar-refractivity contribution in [1.82, 2.24) is 0 Å². The maximum atomic E-state index is 2.55. The Bertz CT molecular complexity index is 2660. The topological polar surface area (TPSA) is 3.24 Å². The van der Waals surface area contributed by atoms with Crippen molar-refractivity contribution >= 4 is 22.6 Å². The number of allylic oxidation sites excluding steroid dienone is 4. The smallest absolute Gasteiger partial charge is 0.0746 e. The molecule has 258 valence electrons. The minimum Gasteiger partial charge on any atom is -0.310 e. The largest absolute Gasteiger partial charge is 0.310 e. The number of fused-ring (bicyclic) bond motifs is 12. The van der Waals surface area contributed by atoms with Crippen LogP contribution in [0.3, 0.4) is 0 Å². The van der Waals surface area contributed by atoms with Gasteiger partial charge in [-0.2, -0.15) is 0 Å². The van der Waals surface area contributed by atoms with Gasteiger partial charge in [-0.05, 0) is 115 Å². The Hall–Kier alpha value is -6.18. The first-order chi connectivity index (χ1) is 26.5. The molecule has 7 aromatic rings. The first-order valence-corrected chi connectivity index (χ1v) is 19.4. The highest BCUT2D eigenvalue weighted by atomic mass is 15.1. The third kappa shape index (κ3) is 4.10. The van der Waals surface area contributed by atoms with Gasteiger partial charge in [-0.15, -0.1) is 0 Å². The van der Waals surface area contributed by atoms with Gasteiger partial charge in [0.1, 0.15) is 0 Å². The standard InChI is InChI=1S/C53H41N/c1-34-15-13-21-43-42-32-31-38(33-48(42)52(2,3)50(34)43)54(37-29-27-36(28-30-37)35-16-5-4-6-17-35)49-26-14-22-44-41-20-9-12-25-47(41)53(51(44)49)45-23-10-7-18-39(45)40-19-8-11-24-46(40)53/h4-14,16-34H,15H2,1-3H3. The summed E-state index contributed by atoms with van der Waals surface area (Å²) in [4.78, 5) is 2.55. The van der Waals surface area contributed by atoms with Crippen molar-refractivity contribution < 1.29 is 0 Å². The molecule has 4 aliphatic rings. The maximum absolute atomic E-state index is 2.55. The molecule has 0 aromatic heterocycles. The zero-order chi connectivity index (χ0) is 36.2. The van der Waals surface area contributed by atoms with E-state index in [4.69, 9.17) is 0 Å². The Morgan fingerprint density at radius 1 is 0.500 bits per heavy atom. The third-order valence-corrected chi connectivity index (χ3v) is 12.9. The molecule has 1 nitrogen and oxygen atoms in total. The van der Waals surface area contributed by atoms with Gasteiger partial charge in [0, 0.05) is 22.4 Å². The van der Waals surface area contributed by atoms with E-state index in [0.29, 0.717) is 5.92 Å². The molecule has 0 fully saturated rings. The van der Waals surface area contributed by atoms with Crippen LogP contribution in [-0.2, 0) is 10.8 Å². The Kier molecular flexibility index (Phi) is 6.62. The molecule has 0 bridgehead atoms. The minimum atomic E-state index is -0.463. The second-order valence-corrected chi connectivity index (χ2v) is 16.1. The zero-order valence-corrected chi connectivity index (χ0v) is 31.0. The van der Waals surface area contributed by atoms with Crippen LogP contribution in [0.4, 0.5) is 17.1 Å². The summed E-state index contributed by atoms with van der Waals surface area (Å²) in [6.07, 6.45) is 5.85. The van der Waals surface area contributed by atoms with Gasteiger partial charge in [0.15, 0.2) is 0 Å². The lowest BCUT2D eigenvalue weighted by Crippen LogP contribution is -2.28. The van der Waals surface area contributed by atoms with Crippen LogP contribution in [0.15, 0.2) is 182 Å². The zero-order valence-electron chi connectivity index (χ0n) is 31.0. The third-order valence-electron chi connectivity index (χ3n) is 12.9. The number of hydrogen-bond acceptors (Lipinski definition) is 1. The normalized spacial score (nSPS) is 17.4. The summed E-state index contributed by atoms with van der Waals surface area (Å²) in [5, 5.41) is 0. The predicted octanol–water partition coefficient (Wildman–Crippen LogP) is 13.8. The number of benzene rings is 7. The van der Waals surface area contributed by atoms with Crippen molar-refractivity contribution in [3.63, 3.8) is 0 Å². The fraction of sp³-hybridized carbons (Fsp3) is 0.132. The van der Waals surface area contributed by atoms with E-state index in [1.165, 1.54) is 83.7 Å². The van der Waals surface area contributed by atoms with Crippen molar-refractivity contribution in [3.05, 3.63) is 215 Å². The highest BCUT2D eigenvalue weighted by molar-refractivity contribution is 6.00. The number of nitrogens with zero attached hydrogens (tertiary/aromatic N) is 1. The van der Waals surface area contributed by atoms with E-state index in [9.17, 15) is 0 Å². The predicted molar refractivity (Wildman–Crippen MR) is 226 cm³/mol. The molecule has 0 aliphatic heterocycles. The van der Waals surface area contributed by atoms with Crippen molar-refractivity contribution in [2.24, 2.45) is 5.92 Å². The van der Waals surface area contributed by atoms with Crippen LogP contribution < -0.4 is 4.90 Å². The molecule has 1 atom stereocenters. The maximum Gasteiger partial charge on any atom is 0.0746 e. The Morgan fingerprint density at radius 2 is 1.06 bits per heavy atom. The fourth-order valence-electron chi connectivity index (χ4n) is 10.8. The molecule has 1 heteroatoms. The summed E-state index contributed by atoms with van der Waals surface area (Å²) in [6, 6.07) is 61.5. The Balaban J connectivity index is 1.20. The van der Waals surface area contributed by atoms with Crippen LogP contribution in [0, 0.1) is 5.92 Å². The monoisotopic (exact) mass is 691 g/mol. The average Bonchev–Trinajstić information content (AvgIpc) is 3.78. The molecule has 1 spiro atoms. The van der Waals surface area contributed by atoms with E-state index in [0.717, 1.165) is 12.1 Å². The van der Waals surface area contributed by atoms with Crippen molar-refractivity contribution in [2.75, 3.05) is 4.90 Å².